The Labute approximate surface area is 231 Å². The van der Waals surface area contributed by atoms with Gasteiger partial charge in [0.05, 0.1) is 23.8 Å². The smallest absolute Gasteiger partial charge is 0.255 e. The molecule has 0 spiro atoms. The molecular formula is C28H36N4O8. The van der Waals surface area contributed by atoms with E-state index in [9.17, 15) is 39.6 Å². The molecule has 0 saturated heterocycles. The van der Waals surface area contributed by atoms with Crippen molar-refractivity contribution in [3.63, 3.8) is 0 Å². The van der Waals surface area contributed by atoms with E-state index in [1.54, 1.807) is 20.2 Å². The molecule has 1 saturated carbocycles. The minimum atomic E-state index is -2.70. The number of hydrogen-bond donors (Lipinski definition) is 7. The van der Waals surface area contributed by atoms with E-state index in [0.29, 0.717) is 12.1 Å². The molecule has 8 N–H and O–H groups in total. The lowest BCUT2D eigenvalue weighted by atomic mass is 9.57. The summed E-state index contributed by atoms with van der Waals surface area (Å²) in [7, 11) is 3.09. The first kappa shape index (κ1) is 29.2. The van der Waals surface area contributed by atoms with Crippen molar-refractivity contribution < 1.29 is 39.6 Å². The van der Waals surface area contributed by atoms with Gasteiger partial charge in [0.2, 0.25) is 11.7 Å². The third-order valence-corrected chi connectivity index (χ3v) is 8.11. The van der Waals surface area contributed by atoms with E-state index in [2.05, 4.69) is 17.6 Å². The minimum absolute atomic E-state index is 0.00864. The second-order valence-corrected chi connectivity index (χ2v) is 10.9. The Kier molecular flexibility index (Phi) is 8.06. The maximum atomic E-state index is 13.9. The van der Waals surface area contributed by atoms with E-state index in [1.807, 2.05) is 0 Å². The number of carbonyl (C=O) groups excluding carboxylic acids is 4. The van der Waals surface area contributed by atoms with Gasteiger partial charge in [0.25, 0.3) is 5.91 Å². The highest BCUT2D eigenvalue weighted by Gasteiger charge is 2.64. The number of carbonyl (C=O) groups is 4. The molecule has 12 nitrogen and oxygen atoms in total. The Bertz CT molecular complexity index is 1330. The number of ketones is 2. The molecular weight excluding hydrogens is 520 g/mol. The van der Waals surface area contributed by atoms with Crippen LogP contribution in [0.3, 0.4) is 0 Å². The fraction of sp³-hybridized carbons (Fsp3) is 0.500. The summed E-state index contributed by atoms with van der Waals surface area (Å²) >= 11 is 0. The predicted octanol–water partition coefficient (Wildman–Crippen LogP) is 0.682. The van der Waals surface area contributed by atoms with Crippen LogP contribution in [-0.4, -0.2) is 87.5 Å². The lowest BCUT2D eigenvalue weighted by Crippen LogP contribution is -2.65. The van der Waals surface area contributed by atoms with Crippen LogP contribution in [0.15, 0.2) is 29.0 Å². The first-order valence-corrected chi connectivity index (χ1v) is 13.4. The van der Waals surface area contributed by atoms with E-state index >= 15 is 0 Å². The zero-order valence-corrected chi connectivity index (χ0v) is 22.8. The maximum absolute atomic E-state index is 13.9. The first-order valence-electron chi connectivity index (χ1n) is 13.4. The second kappa shape index (κ2) is 11.0. The first-order chi connectivity index (χ1) is 18.9. The van der Waals surface area contributed by atoms with Crippen molar-refractivity contribution in [2.75, 3.05) is 32.5 Å². The molecule has 3 aliphatic carbocycles. The average molecular weight is 557 g/mol. The highest BCUT2D eigenvalue weighted by Crippen LogP contribution is 2.53. The van der Waals surface area contributed by atoms with Gasteiger partial charge in [0.15, 0.2) is 11.4 Å². The fourth-order valence-electron chi connectivity index (χ4n) is 6.22. The molecule has 216 valence electrons. The molecule has 0 heterocycles. The number of nitrogens with two attached hydrogens (primary N) is 1. The Balaban J connectivity index is 1.72. The number of anilines is 1. The number of benzene rings is 1. The van der Waals surface area contributed by atoms with Gasteiger partial charge in [-0.25, -0.2) is 0 Å². The summed E-state index contributed by atoms with van der Waals surface area (Å²) in [5.74, 6) is -7.58. The predicted molar refractivity (Wildman–Crippen MR) is 145 cm³/mol. The van der Waals surface area contributed by atoms with Gasteiger partial charge in [-0.3, -0.25) is 24.1 Å². The highest BCUT2D eigenvalue weighted by atomic mass is 16.3. The van der Waals surface area contributed by atoms with Gasteiger partial charge in [-0.15, -0.1) is 0 Å². The summed E-state index contributed by atoms with van der Waals surface area (Å²) in [6, 6.07) is 1.98. The fourth-order valence-corrected chi connectivity index (χ4v) is 6.22. The third-order valence-electron chi connectivity index (χ3n) is 8.11. The van der Waals surface area contributed by atoms with Crippen LogP contribution in [0.1, 0.15) is 43.7 Å². The molecule has 3 aliphatic rings. The van der Waals surface area contributed by atoms with Gasteiger partial charge in [-0.1, -0.05) is 25.8 Å². The molecule has 0 aliphatic heterocycles. The maximum Gasteiger partial charge on any atom is 0.255 e. The number of phenolic OH excluding ortho intramolecular Hbond substituents is 1. The van der Waals surface area contributed by atoms with E-state index < -0.39 is 69.7 Å². The monoisotopic (exact) mass is 556 g/mol. The van der Waals surface area contributed by atoms with Gasteiger partial charge in [0.1, 0.15) is 22.8 Å². The van der Waals surface area contributed by atoms with Crippen molar-refractivity contribution in [3.8, 4) is 5.75 Å². The number of primary amides is 1. The summed E-state index contributed by atoms with van der Waals surface area (Å²) in [5.41, 5.74) is 1.97. The molecule has 4 rings (SSSR count). The van der Waals surface area contributed by atoms with E-state index in [0.717, 1.165) is 19.3 Å². The van der Waals surface area contributed by atoms with Crippen LogP contribution in [0.4, 0.5) is 5.69 Å². The molecule has 0 aromatic heterocycles. The molecule has 0 radical (unpaired) electrons. The van der Waals surface area contributed by atoms with Crippen molar-refractivity contribution in [1.82, 2.24) is 10.2 Å². The number of phenols is 1. The third kappa shape index (κ3) is 4.65. The number of fused-ring (bicyclic) bond motifs is 3. The molecule has 2 amide bonds. The SMILES string of the molecule is CCCCCNCC(=O)Nc1ccc2c(c1O)C(O)=C1C(=O)[C@]3(O)C(O)=C(C(N)=O)C(=O)[C@@H](N(C)C)C3CC1C2. The van der Waals surface area contributed by atoms with E-state index in [1.165, 1.54) is 11.0 Å². The van der Waals surface area contributed by atoms with Crippen molar-refractivity contribution in [1.29, 1.82) is 0 Å². The molecule has 1 aromatic carbocycles. The van der Waals surface area contributed by atoms with Crippen LogP contribution in [0.5, 0.6) is 5.75 Å². The average Bonchev–Trinajstić information content (AvgIpc) is 2.87. The van der Waals surface area contributed by atoms with Crippen molar-refractivity contribution in [2.45, 2.75) is 50.7 Å². The lowest BCUT2D eigenvalue weighted by Gasteiger charge is -2.50. The quantitative estimate of drug-likeness (QED) is 0.129. The number of aromatic hydroxyl groups is 1. The largest absolute Gasteiger partial charge is 0.508 e. The Morgan fingerprint density at radius 1 is 1.15 bits per heavy atom. The van der Waals surface area contributed by atoms with Crippen LogP contribution in [0, 0.1) is 11.8 Å². The summed E-state index contributed by atoms with van der Waals surface area (Å²) in [5, 5.41) is 50.4. The Hall–Kier alpha value is -3.74. The summed E-state index contributed by atoms with van der Waals surface area (Å²) in [6.45, 7) is 2.76. The second-order valence-electron chi connectivity index (χ2n) is 10.9. The van der Waals surface area contributed by atoms with Crippen LogP contribution >= 0.6 is 0 Å². The molecule has 1 fully saturated rings. The number of aliphatic hydroxyl groups excluding tert-OH is 2. The molecule has 12 heteroatoms. The van der Waals surface area contributed by atoms with Crippen LogP contribution in [-0.2, 0) is 25.6 Å². The number of unbranched alkanes of at least 4 members (excludes halogenated alkanes) is 2. The molecule has 40 heavy (non-hydrogen) atoms. The number of nitrogens with one attached hydrogen (secondary N) is 2. The summed E-state index contributed by atoms with van der Waals surface area (Å²) in [6.07, 6.45) is 3.19. The molecule has 4 atom stereocenters. The van der Waals surface area contributed by atoms with Crippen molar-refractivity contribution in [2.24, 2.45) is 17.6 Å². The van der Waals surface area contributed by atoms with Crippen LogP contribution in [0.2, 0.25) is 0 Å². The zero-order chi connectivity index (χ0) is 29.5. The number of rotatable bonds is 9. The van der Waals surface area contributed by atoms with Gasteiger partial charge in [-0.2, -0.15) is 0 Å². The number of likely N-dealkylation sites (N-methyl/N-ethyl adjacent to an activating group) is 1. The minimum Gasteiger partial charge on any atom is -0.508 e. The molecule has 1 aromatic rings. The number of Topliss-reactive ketones (excluding diaryl/α,β-unsaturated/α-hetero) is 2. The van der Waals surface area contributed by atoms with Crippen LogP contribution < -0.4 is 16.4 Å². The Morgan fingerprint density at radius 2 is 1.85 bits per heavy atom. The van der Waals surface area contributed by atoms with Gasteiger partial charge in [0, 0.05) is 11.5 Å². The number of hydrogen-bond acceptors (Lipinski definition) is 10. The number of aliphatic hydroxyl groups is 3. The van der Waals surface area contributed by atoms with Gasteiger partial charge in [-0.05, 0) is 57.5 Å². The van der Waals surface area contributed by atoms with E-state index in [4.69, 9.17) is 5.73 Å². The summed E-state index contributed by atoms with van der Waals surface area (Å²) in [4.78, 5) is 52.9. The normalized spacial score (nSPS) is 26.0. The van der Waals surface area contributed by atoms with Crippen LogP contribution in [0.25, 0.3) is 5.76 Å². The molecule has 0 bridgehead atoms. The topological polar surface area (TPSA) is 203 Å². The standard InChI is InChI=1S/C28H36N4O8/c1-4-5-6-9-30-12-17(33)31-16-8-7-13-10-14-11-15-21(32(2)3)24(36)20(27(29)39)26(38)28(15,40)25(37)19(14)23(35)18(13)22(16)34/h7-8,14-15,21,30,34-35,38,40H,4-6,9-12H2,1-3H3,(H2,29,39)(H,31,33)/t14?,15?,21-,28-/m0/s1. The van der Waals surface area contributed by atoms with Gasteiger partial charge < -0.3 is 36.8 Å². The van der Waals surface area contributed by atoms with Crippen molar-refractivity contribution in [3.05, 3.63) is 40.2 Å². The van der Waals surface area contributed by atoms with E-state index in [-0.39, 0.29) is 36.2 Å². The highest BCUT2D eigenvalue weighted by molar-refractivity contribution is 6.24. The zero-order valence-electron chi connectivity index (χ0n) is 22.8. The summed E-state index contributed by atoms with van der Waals surface area (Å²) < 4.78 is 0. The molecule has 2 unspecified atom stereocenters. The number of amides is 2. The number of nitrogens with zero attached hydrogens (tertiary/aromatic N) is 1. The van der Waals surface area contributed by atoms with Crippen molar-refractivity contribution >= 4 is 34.8 Å². The Morgan fingerprint density at radius 3 is 2.48 bits per heavy atom. The van der Waals surface area contributed by atoms with Gasteiger partial charge >= 0.3 is 0 Å². The lowest BCUT2D eigenvalue weighted by molar-refractivity contribution is -0.153.